The summed E-state index contributed by atoms with van der Waals surface area (Å²) in [6, 6.07) is 9.45. The summed E-state index contributed by atoms with van der Waals surface area (Å²) in [5.74, 6) is 0.690. The van der Waals surface area contributed by atoms with E-state index in [9.17, 15) is 0 Å². The fourth-order valence-corrected chi connectivity index (χ4v) is 1.19. The molecule has 0 bridgehead atoms. The summed E-state index contributed by atoms with van der Waals surface area (Å²) in [7, 11) is 0. The second-order valence-electron chi connectivity index (χ2n) is 3.11. The summed E-state index contributed by atoms with van der Waals surface area (Å²) in [5.41, 5.74) is 5.52. The van der Waals surface area contributed by atoms with Crippen molar-refractivity contribution in [2.45, 2.75) is 6.92 Å². The number of nitrogens with zero attached hydrogens (tertiary/aromatic N) is 3. The van der Waals surface area contributed by atoms with Crippen LogP contribution in [-0.2, 0) is 0 Å². The van der Waals surface area contributed by atoms with Gasteiger partial charge in [-0.05, 0) is 19.1 Å². The highest BCUT2D eigenvalue weighted by molar-refractivity contribution is 5.27. The summed E-state index contributed by atoms with van der Waals surface area (Å²) in [5, 5.41) is 0. The zero-order chi connectivity index (χ0) is 12.1. The van der Waals surface area contributed by atoms with Gasteiger partial charge in [-0.15, -0.1) is 4.98 Å². The highest BCUT2D eigenvalue weighted by Crippen LogP contribution is 2.18. The molecule has 1 heterocycles. The summed E-state index contributed by atoms with van der Waals surface area (Å²) in [6.45, 7) is 2.28. The van der Waals surface area contributed by atoms with E-state index in [1.54, 1.807) is 12.1 Å². The number of rotatable bonds is 4. The van der Waals surface area contributed by atoms with Gasteiger partial charge in [-0.2, -0.15) is 9.97 Å². The first-order chi connectivity index (χ1) is 8.28. The van der Waals surface area contributed by atoms with Crippen LogP contribution >= 0.6 is 0 Å². The van der Waals surface area contributed by atoms with E-state index in [1.165, 1.54) is 0 Å². The van der Waals surface area contributed by atoms with Crippen LogP contribution in [0.2, 0.25) is 0 Å². The van der Waals surface area contributed by atoms with E-state index in [0.717, 1.165) is 0 Å². The number of nitrogens with two attached hydrogens (primary N) is 1. The number of nitrogen functional groups attached to an aromatic ring is 1. The van der Waals surface area contributed by atoms with Crippen molar-refractivity contribution in [2.75, 3.05) is 12.3 Å². The number of anilines is 1. The van der Waals surface area contributed by atoms with Crippen molar-refractivity contribution >= 4 is 5.95 Å². The molecule has 0 spiro atoms. The molecular formula is C11H12N4O2. The van der Waals surface area contributed by atoms with Gasteiger partial charge in [-0.1, -0.05) is 18.2 Å². The van der Waals surface area contributed by atoms with Crippen molar-refractivity contribution in [1.29, 1.82) is 0 Å². The lowest BCUT2D eigenvalue weighted by Crippen LogP contribution is -2.04. The lowest BCUT2D eigenvalue weighted by Gasteiger charge is -2.05. The summed E-state index contributed by atoms with van der Waals surface area (Å²) in [4.78, 5) is 11.7. The molecule has 6 heteroatoms. The van der Waals surface area contributed by atoms with Gasteiger partial charge in [-0.25, -0.2) is 0 Å². The van der Waals surface area contributed by atoms with Gasteiger partial charge in [0.15, 0.2) is 0 Å². The van der Waals surface area contributed by atoms with E-state index in [1.807, 2.05) is 25.1 Å². The molecule has 17 heavy (non-hydrogen) atoms. The van der Waals surface area contributed by atoms with Crippen LogP contribution < -0.4 is 15.2 Å². The zero-order valence-electron chi connectivity index (χ0n) is 9.33. The maximum absolute atomic E-state index is 5.52. The summed E-state index contributed by atoms with van der Waals surface area (Å²) >= 11 is 0. The van der Waals surface area contributed by atoms with E-state index in [0.29, 0.717) is 12.4 Å². The molecule has 6 nitrogen and oxygen atoms in total. The molecule has 0 saturated carbocycles. The standard InChI is InChI=1S/C11H12N4O2/c1-2-16-10-13-9(12)14-11(15-10)17-8-6-4-3-5-7-8/h3-7H,2H2,1H3,(H2,12,13,14,15). The van der Waals surface area contributed by atoms with Crippen LogP contribution in [0.4, 0.5) is 5.95 Å². The van der Waals surface area contributed by atoms with Crippen molar-refractivity contribution in [1.82, 2.24) is 15.0 Å². The number of hydrogen-bond acceptors (Lipinski definition) is 6. The number of para-hydroxylation sites is 1. The first-order valence-corrected chi connectivity index (χ1v) is 5.15. The average molecular weight is 232 g/mol. The highest BCUT2D eigenvalue weighted by atomic mass is 16.5. The van der Waals surface area contributed by atoms with Gasteiger partial charge in [0.25, 0.3) is 0 Å². The molecule has 2 rings (SSSR count). The van der Waals surface area contributed by atoms with Gasteiger partial charge in [0.2, 0.25) is 5.95 Å². The van der Waals surface area contributed by atoms with E-state index in [-0.39, 0.29) is 18.0 Å². The Morgan fingerprint density at radius 3 is 2.47 bits per heavy atom. The number of aromatic nitrogens is 3. The third-order valence-corrected chi connectivity index (χ3v) is 1.84. The van der Waals surface area contributed by atoms with E-state index in [2.05, 4.69) is 15.0 Å². The predicted molar refractivity (Wildman–Crippen MR) is 61.9 cm³/mol. The molecule has 0 radical (unpaired) electrons. The Bertz CT molecular complexity index is 490. The van der Waals surface area contributed by atoms with Gasteiger partial charge >= 0.3 is 12.0 Å². The summed E-state index contributed by atoms with van der Waals surface area (Å²) < 4.78 is 10.6. The molecule has 0 unspecified atom stereocenters. The molecule has 0 fully saturated rings. The lowest BCUT2D eigenvalue weighted by atomic mass is 10.3. The van der Waals surface area contributed by atoms with E-state index >= 15 is 0 Å². The second kappa shape index (κ2) is 5.11. The Kier molecular flexibility index (Phi) is 3.34. The van der Waals surface area contributed by atoms with Gasteiger partial charge in [0.05, 0.1) is 6.61 Å². The van der Waals surface area contributed by atoms with Gasteiger partial charge < -0.3 is 15.2 Å². The Morgan fingerprint density at radius 1 is 1.06 bits per heavy atom. The van der Waals surface area contributed by atoms with Crippen molar-refractivity contribution in [3.63, 3.8) is 0 Å². The maximum atomic E-state index is 5.52. The van der Waals surface area contributed by atoms with E-state index in [4.69, 9.17) is 15.2 Å². The molecule has 0 saturated heterocycles. The van der Waals surface area contributed by atoms with Crippen LogP contribution in [0.5, 0.6) is 17.8 Å². The molecule has 88 valence electrons. The average Bonchev–Trinajstić information content (AvgIpc) is 2.30. The molecule has 2 N–H and O–H groups in total. The van der Waals surface area contributed by atoms with Crippen LogP contribution in [0, 0.1) is 0 Å². The fourth-order valence-electron chi connectivity index (χ4n) is 1.19. The monoisotopic (exact) mass is 232 g/mol. The minimum absolute atomic E-state index is 0.0642. The Balaban J connectivity index is 2.21. The Morgan fingerprint density at radius 2 is 1.76 bits per heavy atom. The molecule has 0 aliphatic carbocycles. The topological polar surface area (TPSA) is 83.2 Å². The third-order valence-electron chi connectivity index (χ3n) is 1.84. The van der Waals surface area contributed by atoms with Crippen molar-refractivity contribution in [3.8, 4) is 17.8 Å². The molecule has 0 amide bonds. The van der Waals surface area contributed by atoms with Gasteiger partial charge in [0, 0.05) is 0 Å². The van der Waals surface area contributed by atoms with Crippen LogP contribution in [0.15, 0.2) is 30.3 Å². The zero-order valence-corrected chi connectivity index (χ0v) is 9.33. The summed E-state index contributed by atoms with van der Waals surface area (Å²) in [6.07, 6.45) is 0. The lowest BCUT2D eigenvalue weighted by molar-refractivity contribution is 0.304. The van der Waals surface area contributed by atoms with Crippen molar-refractivity contribution in [3.05, 3.63) is 30.3 Å². The first-order valence-electron chi connectivity index (χ1n) is 5.15. The highest BCUT2D eigenvalue weighted by Gasteiger charge is 2.06. The minimum Gasteiger partial charge on any atom is -0.464 e. The third kappa shape index (κ3) is 3.04. The van der Waals surface area contributed by atoms with E-state index < -0.39 is 0 Å². The van der Waals surface area contributed by atoms with Crippen LogP contribution in [-0.4, -0.2) is 21.6 Å². The molecule has 0 aliphatic heterocycles. The Labute approximate surface area is 98.4 Å². The van der Waals surface area contributed by atoms with Crippen molar-refractivity contribution in [2.24, 2.45) is 0 Å². The number of benzene rings is 1. The smallest absolute Gasteiger partial charge is 0.330 e. The SMILES string of the molecule is CCOc1nc(N)nc(Oc2ccccc2)n1. The quantitative estimate of drug-likeness (QED) is 0.862. The number of ether oxygens (including phenoxy) is 2. The molecule has 0 aliphatic rings. The van der Waals surface area contributed by atoms with Gasteiger partial charge in [0.1, 0.15) is 5.75 Å². The second-order valence-corrected chi connectivity index (χ2v) is 3.11. The van der Waals surface area contributed by atoms with Crippen LogP contribution in [0.3, 0.4) is 0 Å². The van der Waals surface area contributed by atoms with Crippen molar-refractivity contribution < 1.29 is 9.47 Å². The normalized spacial score (nSPS) is 9.94. The fraction of sp³-hybridized carbons (Fsp3) is 0.182. The number of hydrogen-bond donors (Lipinski definition) is 1. The maximum Gasteiger partial charge on any atom is 0.330 e. The largest absolute Gasteiger partial charge is 0.464 e. The molecule has 2 aromatic rings. The molecule has 0 atom stereocenters. The van der Waals surface area contributed by atoms with Crippen LogP contribution in [0.1, 0.15) is 6.92 Å². The predicted octanol–water partition coefficient (Wildman–Crippen LogP) is 1.64. The Hall–Kier alpha value is -2.37. The molecule has 1 aromatic heterocycles. The van der Waals surface area contributed by atoms with Crippen LogP contribution in [0.25, 0.3) is 0 Å². The minimum atomic E-state index is 0.0642. The first kappa shape index (κ1) is 11.1. The molecule has 1 aromatic carbocycles. The molecular weight excluding hydrogens is 220 g/mol. The van der Waals surface area contributed by atoms with Gasteiger partial charge in [-0.3, -0.25) is 0 Å².